The minimum atomic E-state index is -1.55. The highest BCUT2D eigenvalue weighted by Gasteiger charge is 2.58. The van der Waals surface area contributed by atoms with Gasteiger partial charge in [0.05, 0.1) is 80.5 Å². The van der Waals surface area contributed by atoms with Gasteiger partial charge in [-0.15, -0.1) is 0 Å². The van der Waals surface area contributed by atoms with Gasteiger partial charge in [-0.2, -0.15) is 0 Å². The molecule has 1 aromatic rings. The molecule has 18 unspecified atom stereocenters. The van der Waals surface area contributed by atoms with E-state index in [4.69, 9.17) is 52.1 Å². The van der Waals surface area contributed by atoms with Crippen LogP contribution in [0, 0.1) is 30.1 Å². The van der Waals surface area contributed by atoms with E-state index in [1.807, 2.05) is 20.8 Å². The molecule has 334 valence electrons. The minimum Gasteiger partial charge on any atom is -0.469 e. The molecule has 3 saturated heterocycles. The highest BCUT2D eigenvalue weighted by molar-refractivity contribution is 5.92. The number of aliphatic hydroxyl groups excluding tert-OH is 2. The number of ether oxygens (including phenoxy) is 8. The van der Waals surface area contributed by atoms with Crippen LogP contribution in [0.3, 0.4) is 0 Å². The molecule has 59 heavy (non-hydrogen) atoms. The van der Waals surface area contributed by atoms with Crippen LogP contribution in [0.5, 0.6) is 0 Å². The number of hydrogen-bond donors (Lipinski definition) is 3. The lowest BCUT2D eigenvalue weighted by Crippen LogP contribution is -2.56. The van der Waals surface area contributed by atoms with Crippen LogP contribution in [-0.2, 0) is 58.1 Å². The molecule has 3 N–H and O–H groups in total. The third-order valence-electron chi connectivity index (χ3n) is 14.7. The predicted octanol–water partition coefficient (Wildman–Crippen LogP) is 4.09. The molecule has 2 saturated carbocycles. The Kier molecular flexibility index (Phi) is 14.5. The molecule has 7 rings (SSSR count). The average molecular weight is 837 g/mol. The Labute approximate surface area is 348 Å². The smallest absolute Gasteiger partial charge is 0.172 e. The van der Waals surface area contributed by atoms with Gasteiger partial charge >= 0.3 is 0 Å². The van der Waals surface area contributed by atoms with Gasteiger partial charge in [0.1, 0.15) is 24.6 Å². The Morgan fingerprint density at radius 3 is 2.29 bits per heavy atom. The average Bonchev–Trinajstić information content (AvgIpc) is 3.65. The second-order valence-electron chi connectivity index (χ2n) is 18.2. The predicted molar refractivity (Wildman–Crippen MR) is 210 cm³/mol. The third kappa shape index (κ3) is 9.16. The first-order valence-corrected chi connectivity index (χ1v) is 21.6. The van der Waals surface area contributed by atoms with Crippen molar-refractivity contribution in [1.29, 1.82) is 0 Å². The van der Waals surface area contributed by atoms with E-state index in [-0.39, 0.29) is 66.8 Å². The van der Waals surface area contributed by atoms with Crippen molar-refractivity contribution in [2.75, 3.05) is 41.2 Å². The van der Waals surface area contributed by atoms with Crippen LogP contribution in [0.1, 0.15) is 90.4 Å². The van der Waals surface area contributed by atoms with Gasteiger partial charge in [-0.05, 0) is 77.2 Å². The van der Waals surface area contributed by atoms with Gasteiger partial charge in [-0.3, -0.25) is 4.79 Å². The molecular weight excluding hydrogens is 768 g/mol. The van der Waals surface area contributed by atoms with E-state index in [2.05, 4.69) is 13.0 Å². The molecule has 0 aromatic carbocycles. The van der Waals surface area contributed by atoms with Gasteiger partial charge in [0.2, 0.25) is 0 Å². The van der Waals surface area contributed by atoms with Crippen LogP contribution < -0.4 is 0 Å². The van der Waals surface area contributed by atoms with E-state index in [1.54, 1.807) is 34.3 Å². The van der Waals surface area contributed by atoms with E-state index < -0.39 is 53.9 Å². The number of methoxy groups -OCH3 is 3. The molecule has 0 bridgehead atoms. The standard InChI is InChI=1S/C44H68O15/c1-23-31(22-52-20-28-17-37(50-7)40(46)25(3)56-28)35(49-6)16-29(55-23)21-54-59-41-26(4)57-39(18-38(41)51-8)58-36-15-27-9-10-30-33(43(27,5)19-34(36)45)11-13-44(48,42(30)47)32-12-14-53-24(32)2/h9,12,14,23,25-26,28-31,33-41,45-46,48H,10-11,13,15-22H2,1-8H3. The summed E-state index contributed by atoms with van der Waals surface area (Å²) in [7, 11) is 4.92. The summed E-state index contributed by atoms with van der Waals surface area (Å²) in [6.07, 6.45) is 2.43. The quantitative estimate of drug-likeness (QED) is 0.138. The van der Waals surface area contributed by atoms with Crippen molar-refractivity contribution in [1.82, 2.24) is 0 Å². The number of Topliss-reactive ketones (excluding diaryl/α,β-unsaturated/α-hetero) is 1. The number of carbonyl (C=O) groups is 1. The molecule has 3 aliphatic carbocycles. The molecule has 18 atom stereocenters. The van der Waals surface area contributed by atoms with Crippen LogP contribution in [0.15, 0.2) is 28.4 Å². The largest absolute Gasteiger partial charge is 0.469 e. The van der Waals surface area contributed by atoms with Crippen LogP contribution in [0.2, 0.25) is 0 Å². The summed E-state index contributed by atoms with van der Waals surface area (Å²) in [5.41, 5.74) is -0.203. The van der Waals surface area contributed by atoms with Crippen molar-refractivity contribution >= 4 is 5.78 Å². The van der Waals surface area contributed by atoms with Gasteiger partial charge in [0.15, 0.2) is 17.7 Å². The van der Waals surface area contributed by atoms with E-state index in [0.717, 1.165) is 0 Å². The van der Waals surface area contributed by atoms with Gasteiger partial charge in [0, 0.05) is 58.0 Å². The second kappa shape index (κ2) is 18.9. The molecule has 15 heteroatoms. The lowest BCUT2D eigenvalue weighted by Gasteiger charge is -2.55. The number of ketones is 1. The van der Waals surface area contributed by atoms with Crippen molar-refractivity contribution in [3.8, 4) is 0 Å². The molecule has 0 radical (unpaired) electrons. The molecule has 1 aromatic heterocycles. The summed E-state index contributed by atoms with van der Waals surface area (Å²) in [5, 5.41) is 33.4. The fourth-order valence-corrected chi connectivity index (χ4v) is 11.2. The van der Waals surface area contributed by atoms with Crippen LogP contribution in [0.25, 0.3) is 0 Å². The first kappa shape index (κ1) is 45.2. The van der Waals surface area contributed by atoms with Crippen molar-refractivity contribution in [2.45, 2.75) is 171 Å². The Bertz CT molecular complexity index is 1580. The fourth-order valence-electron chi connectivity index (χ4n) is 11.2. The van der Waals surface area contributed by atoms with Crippen molar-refractivity contribution in [3.05, 3.63) is 35.3 Å². The number of rotatable bonds is 14. The molecular formula is C44H68O15. The molecule has 15 nitrogen and oxygen atoms in total. The zero-order valence-electron chi connectivity index (χ0n) is 36.0. The Morgan fingerprint density at radius 2 is 1.58 bits per heavy atom. The van der Waals surface area contributed by atoms with Gasteiger partial charge in [-0.25, -0.2) is 9.78 Å². The summed E-state index contributed by atoms with van der Waals surface area (Å²) in [6.45, 7) is 10.7. The van der Waals surface area contributed by atoms with Crippen molar-refractivity contribution in [2.24, 2.45) is 23.2 Å². The van der Waals surface area contributed by atoms with Gasteiger partial charge in [-0.1, -0.05) is 18.6 Å². The van der Waals surface area contributed by atoms with E-state index in [0.29, 0.717) is 75.9 Å². The number of aliphatic hydroxyl groups is 3. The van der Waals surface area contributed by atoms with Crippen LogP contribution >= 0.6 is 0 Å². The zero-order valence-corrected chi connectivity index (χ0v) is 36.0. The van der Waals surface area contributed by atoms with Gasteiger partial charge in [0.25, 0.3) is 0 Å². The monoisotopic (exact) mass is 836 g/mol. The highest BCUT2D eigenvalue weighted by Crippen LogP contribution is 2.58. The van der Waals surface area contributed by atoms with Gasteiger partial charge < -0.3 is 57.6 Å². The number of carbonyl (C=O) groups excluding carboxylic acids is 1. The molecule has 6 aliphatic rings. The molecule has 5 fully saturated rings. The van der Waals surface area contributed by atoms with Crippen LogP contribution in [-0.4, -0.2) is 142 Å². The topological polar surface area (TPSA) is 183 Å². The summed E-state index contributed by atoms with van der Waals surface area (Å²) in [5.74, 6) is 0.0802. The van der Waals surface area contributed by atoms with Crippen molar-refractivity contribution < 1.29 is 72.2 Å². The normalized spacial score (nSPS) is 45.4. The molecule has 0 spiro atoms. The Morgan fingerprint density at radius 1 is 0.864 bits per heavy atom. The van der Waals surface area contributed by atoms with E-state index >= 15 is 0 Å². The third-order valence-corrected chi connectivity index (χ3v) is 14.7. The molecule has 0 amide bonds. The van der Waals surface area contributed by atoms with E-state index in [9.17, 15) is 20.1 Å². The van der Waals surface area contributed by atoms with Crippen molar-refractivity contribution in [3.63, 3.8) is 0 Å². The SMILES string of the molecule is COC1CC(COCC2C(C)OC(COOC3C(C)OC(OC4CC5=CCC6C(=O)C(O)(c7ccoc7C)CCC6C5(C)CC4O)CC3OC)CC2OC)OC(C)C1O. The number of allylic oxidation sites excluding steroid dienone is 1. The lowest BCUT2D eigenvalue weighted by molar-refractivity contribution is -0.390. The summed E-state index contributed by atoms with van der Waals surface area (Å²) >= 11 is 0. The lowest BCUT2D eigenvalue weighted by atomic mass is 9.51. The number of furan rings is 1. The first-order chi connectivity index (χ1) is 28.2. The van der Waals surface area contributed by atoms with E-state index in [1.165, 1.54) is 11.8 Å². The highest BCUT2D eigenvalue weighted by atomic mass is 17.2. The summed E-state index contributed by atoms with van der Waals surface area (Å²) < 4.78 is 53.8. The Hall–Kier alpha value is -1.83. The number of fused-ring (bicyclic) bond motifs is 3. The molecule has 4 heterocycles. The fraction of sp³-hybridized carbons (Fsp3) is 0.841. The second-order valence-corrected chi connectivity index (χ2v) is 18.2. The maximum atomic E-state index is 13.9. The number of aryl methyl sites for hydroxylation is 1. The minimum absolute atomic E-state index is 0.00169. The first-order valence-electron chi connectivity index (χ1n) is 21.6. The maximum Gasteiger partial charge on any atom is 0.172 e. The maximum absolute atomic E-state index is 13.9. The Balaban J connectivity index is 0.871. The summed E-state index contributed by atoms with van der Waals surface area (Å²) in [6, 6.07) is 1.70. The molecule has 3 aliphatic heterocycles. The zero-order chi connectivity index (χ0) is 42.2. The number of hydrogen-bond acceptors (Lipinski definition) is 15. The van der Waals surface area contributed by atoms with Crippen LogP contribution in [0.4, 0.5) is 0 Å². The summed E-state index contributed by atoms with van der Waals surface area (Å²) in [4.78, 5) is 25.6.